The molecule has 1 saturated heterocycles. The van der Waals surface area contributed by atoms with Crippen molar-refractivity contribution in [3.05, 3.63) is 52.5 Å². The lowest BCUT2D eigenvalue weighted by atomic mass is 10.2. The number of aliphatic imine (C=N–C) groups is 1. The van der Waals surface area contributed by atoms with Gasteiger partial charge in [0.2, 0.25) is 11.8 Å². The van der Waals surface area contributed by atoms with E-state index in [4.69, 9.17) is 16.3 Å². The summed E-state index contributed by atoms with van der Waals surface area (Å²) in [5.41, 5.74) is 3.16. The number of benzene rings is 2. The number of nitrogens with zero attached hydrogens (tertiary/aromatic N) is 2. The Morgan fingerprint density at radius 2 is 2.07 bits per heavy atom. The molecule has 1 aliphatic rings. The molecule has 0 aliphatic carbocycles. The lowest BCUT2D eigenvalue weighted by molar-refractivity contribution is -0.128. The summed E-state index contributed by atoms with van der Waals surface area (Å²) < 4.78 is 5.31. The van der Waals surface area contributed by atoms with Crippen LogP contribution in [0.1, 0.15) is 24.5 Å². The van der Waals surface area contributed by atoms with E-state index >= 15 is 0 Å². The molecule has 8 heteroatoms. The zero-order valence-corrected chi connectivity index (χ0v) is 18.9. The Bertz CT molecular complexity index is 1010. The first-order valence-corrected chi connectivity index (χ1v) is 10.9. The Hall–Kier alpha value is -2.51. The second-order valence-electron chi connectivity index (χ2n) is 6.92. The van der Waals surface area contributed by atoms with E-state index in [1.165, 1.54) is 11.8 Å². The van der Waals surface area contributed by atoms with Gasteiger partial charge in [0.1, 0.15) is 11.0 Å². The maximum atomic E-state index is 12.8. The summed E-state index contributed by atoms with van der Waals surface area (Å²) in [6, 6.07) is 11.0. The lowest BCUT2D eigenvalue weighted by Crippen LogP contribution is -2.33. The van der Waals surface area contributed by atoms with Gasteiger partial charge in [-0.1, -0.05) is 35.5 Å². The smallest absolute Gasteiger partial charge is 0.242 e. The highest BCUT2D eigenvalue weighted by Gasteiger charge is 2.38. The first kappa shape index (κ1) is 22.2. The maximum absolute atomic E-state index is 12.8. The molecule has 2 aromatic rings. The molecule has 1 unspecified atom stereocenters. The third-order valence-corrected chi connectivity index (χ3v) is 6.38. The average molecular weight is 446 g/mol. The van der Waals surface area contributed by atoms with Crippen LogP contribution in [0, 0.1) is 13.8 Å². The third-order valence-electron chi connectivity index (χ3n) is 4.79. The summed E-state index contributed by atoms with van der Waals surface area (Å²) in [6.45, 7) is 6.19. The molecule has 0 spiro atoms. The van der Waals surface area contributed by atoms with Crippen molar-refractivity contribution in [2.45, 2.75) is 32.4 Å². The number of ether oxygens (including phenoxy) is 1. The molecule has 1 fully saturated rings. The molecule has 6 nitrogen and oxygen atoms in total. The van der Waals surface area contributed by atoms with Gasteiger partial charge in [-0.05, 0) is 56.2 Å². The summed E-state index contributed by atoms with van der Waals surface area (Å²) in [5, 5.41) is 3.53. The van der Waals surface area contributed by atoms with Crippen LogP contribution in [0.25, 0.3) is 0 Å². The second kappa shape index (κ2) is 9.53. The number of amidine groups is 1. The number of rotatable bonds is 6. The quantitative estimate of drug-likeness (QED) is 0.683. The first-order chi connectivity index (χ1) is 14.3. The molecule has 0 bridgehead atoms. The van der Waals surface area contributed by atoms with E-state index in [-0.39, 0.29) is 18.2 Å². The van der Waals surface area contributed by atoms with E-state index in [9.17, 15) is 9.59 Å². The molecular weight excluding hydrogens is 422 g/mol. The number of aryl methyl sites for hydroxylation is 1. The highest BCUT2D eigenvalue weighted by Crippen LogP contribution is 2.34. The Kier molecular flexibility index (Phi) is 7.05. The molecule has 0 radical (unpaired) electrons. The highest BCUT2D eigenvalue weighted by atomic mass is 35.5. The SMILES string of the molecule is CCN1C(=O)C(CC(=O)Nc2cc(C)ccc2OC)SC1=Nc1cccc(Cl)c1C. The molecule has 0 saturated carbocycles. The van der Waals surface area contributed by atoms with Gasteiger partial charge in [0.05, 0.1) is 18.5 Å². The summed E-state index contributed by atoms with van der Waals surface area (Å²) in [5.74, 6) is 0.210. The molecule has 158 valence electrons. The van der Waals surface area contributed by atoms with Gasteiger partial charge in [-0.15, -0.1) is 0 Å². The lowest BCUT2D eigenvalue weighted by Gasteiger charge is -2.14. The Morgan fingerprint density at radius 3 is 2.77 bits per heavy atom. The number of anilines is 1. The van der Waals surface area contributed by atoms with Crippen molar-refractivity contribution in [1.29, 1.82) is 0 Å². The van der Waals surface area contributed by atoms with E-state index in [0.717, 1.165) is 11.1 Å². The standard InChI is InChI=1S/C22H24ClN3O3S/c1-5-26-21(28)19(30-22(26)25-16-8-6-7-15(23)14(16)3)12-20(27)24-17-11-13(2)9-10-18(17)29-4/h6-11,19H,5,12H2,1-4H3,(H,24,27). The predicted octanol–water partition coefficient (Wildman–Crippen LogP) is 4.95. The number of hydrogen-bond donors (Lipinski definition) is 1. The number of carbonyl (C=O) groups excluding carboxylic acids is 2. The minimum atomic E-state index is -0.529. The second-order valence-corrected chi connectivity index (χ2v) is 8.50. The molecule has 1 N–H and O–H groups in total. The van der Waals surface area contributed by atoms with Crippen LogP contribution in [0.5, 0.6) is 5.75 Å². The highest BCUT2D eigenvalue weighted by molar-refractivity contribution is 8.15. The third kappa shape index (κ3) is 4.79. The van der Waals surface area contributed by atoms with Crippen molar-refractivity contribution < 1.29 is 14.3 Å². The maximum Gasteiger partial charge on any atom is 0.242 e. The fraction of sp³-hybridized carbons (Fsp3) is 0.318. The van der Waals surface area contributed by atoms with Crippen LogP contribution in [-0.4, -0.2) is 40.8 Å². The normalized spacial score (nSPS) is 17.5. The number of halogens is 1. The minimum absolute atomic E-state index is 0.0463. The zero-order chi connectivity index (χ0) is 21.8. The van der Waals surface area contributed by atoms with Crippen LogP contribution < -0.4 is 10.1 Å². The van der Waals surface area contributed by atoms with Gasteiger partial charge in [0, 0.05) is 18.0 Å². The number of methoxy groups -OCH3 is 1. The van der Waals surface area contributed by atoms with Gasteiger partial charge in [-0.2, -0.15) is 0 Å². The van der Waals surface area contributed by atoms with Gasteiger partial charge in [-0.25, -0.2) is 4.99 Å². The Morgan fingerprint density at radius 1 is 1.30 bits per heavy atom. The molecule has 1 atom stereocenters. The van der Waals surface area contributed by atoms with E-state index in [1.807, 2.05) is 45.0 Å². The molecule has 30 heavy (non-hydrogen) atoms. The van der Waals surface area contributed by atoms with E-state index < -0.39 is 5.25 Å². The van der Waals surface area contributed by atoms with Gasteiger partial charge in [0.15, 0.2) is 5.17 Å². The predicted molar refractivity (Wildman–Crippen MR) is 123 cm³/mol. The number of amides is 2. The van der Waals surface area contributed by atoms with Crippen molar-refractivity contribution in [2.24, 2.45) is 4.99 Å². The monoisotopic (exact) mass is 445 g/mol. The molecule has 3 rings (SSSR count). The van der Waals surface area contributed by atoms with Crippen molar-refractivity contribution in [3.8, 4) is 5.75 Å². The van der Waals surface area contributed by atoms with Crippen molar-refractivity contribution in [1.82, 2.24) is 4.90 Å². The average Bonchev–Trinajstić information content (AvgIpc) is 2.99. The molecule has 2 amide bonds. The topological polar surface area (TPSA) is 71.0 Å². The van der Waals surface area contributed by atoms with Crippen LogP contribution in [0.2, 0.25) is 5.02 Å². The molecule has 1 heterocycles. The number of carbonyl (C=O) groups is 2. The molecule has 2 aromatic carbocycles. The fourth-order valence-corrected chi connectivity index (χ4v) is 4.51. The van der Waals surface area contributed by atoms with Crippen LogP contribution in [0.3, 0.4) is 0 Å². The van der Waals surface area contributed by atoms with Gasteiger partial charge in [-0.3, -0.25) is 14.5 Å². The van der Waals surface area contributed by atoms with E-state index in [2.05, 4.69) is 10.3 Å². The summed E-state index contributed by atoms with van der Waals surface area (Å²) >= 11 is 7.49. The minimum Gasteiger partial charge on any atom is -0.495 e. The fourth-order valence-electron chi connectivity index (χ4n) is 3.13. The zero-order valence-electron chi connectivity index (χ0n) is 17.4. The Balaban J connectivity index is 1.77. The van der Waals surface area contributed by atoms with Gasteiger partial charge < -0.3 is 10.1 Å². The van der Waals surface area contributed by atoms with Gasteiger partial charge in [0.25, 0.3) is 0 Å². The van der Waals surface area contributed by atoms with Crippen LogP contribution in [0.4, 0.5) is 11.4 Å². The van der Waals surface area contributed by atoms with Gasteiger partial charge >= 0.3 is 0 Å². The van der Waals surface area contributed by atoms with Crippen LogP contribution in [-0.2, 0) is 9.59 Å². The summed E-state index contributed by atoms with van der Waals surface area (Å²) in [7, 11) is 1.55. The number of nitrogens with one attached hydrogen (secondary N) is 1. The summed E-state index contributed by atoms with van der Waals surface area (Å²) in [4.78, 5) is 31.7. The number of hydrogen-bond acceptors (Lipinski definition) is 5. The van der Waals surface area contributed by atoms with Crippen molar-refractivity contribution >= 4 is 51.7 Å². The molecular formula is C22H24ClN3O3S. The Labute approximate surface area is 185 Å². The summed E-state index contributed by atoms with van der Waals surface area (Å²) in [6.07, 6.45) is 0.0463. The van der Waals surface area contributed by atoms with E-state index in [0.29, 0.717) is 33.9 Å². The molecule has 0 aromatic heterocycles. The number of thioether (sulfide) groups is 1. The first-order valence-electron chi connectivity index (χ1n) is 9.60. The van der Waals surface area contributed by atoms with Crippen LogP contribution in [0.15, 0.2) is 41.4 Å². The largest absolute Gasteiger partial charge is 0.495 e. The van der Waals surface area contributed by atoms with E-state index in [1.54, 1.807) is 24.1 Å². The van der Waals surface area contributed by atoms with Crippen LogP contribution >= 0.6 is 23.4 Å². The van der Waals surface area contributed by atoms with Crippen molar-refractivity contribution in [3.63, 3.8) is 0 Å². The van der Waals surface area contributed by atoms with Crippen molar-refractivity contribution in [2.75, 3.05) is 19.0 Å². The molecule has 1 aliphatic heterocycles.